The summed E-state index contributed by atoms with van der Waals surface area (Å²) in [5.74, 6) is 0. The second-order valence-corrected chi connectivity index (χ2v) is 4.98. The van der Waals surface area contributed by atoms with Crippen LogP contribution in [0.5, 0.6) is 0 Å². The van der Waals surface area contributed by atoms with Crippen molar-refractivity contribution in [3.8, 4) is 0 Å². The first-order valence-electron chi connectivity index (χ1n) is 5.97. The van der Waals surface area contributed by atoms with Crippen LogP contribution < -0.4 is 5.32 Å². The smallest absolute Gasteiger partial charge is 0.0464 e. The Morgan fingerprint density at radius 1 is 1.25 bits per heavy atom. The zero-order valence-electron chi connectivity index (χ0n) is 10.1. The van der Waals surface area contributed by atoms with Crippen molar-refractivity contribution in [3.63, 3.8) is 0 Å². The Balaban J connectivity index is 2.22. The molecule has 0 bridgehead atoms. The molecule has 0 amide bonds. The predicted octanol–water partition coefficient (Wildman–Crippen LogP) is 2.47. The first kappa shape index (κ1) is 9.91. The fourth-order valence-electron chi connectivity index (χ4n) is 3.02. The number of benzene rings is 1. The van der Waals surface area contributed by atoms with E-state index in [-0.39, 0.29) is 0 Å². The average Bonchev–Trinajstić information content (AvgIpc) is 2.72. The van der Waals surface area contributed by atoms with E-state index in [9.17, 15) is 0 Å². The summed E-state index contributed by atoms with van der Waals surface area (Å²) in [4.78, 5) is 3.58. The fraction of sp³-hybridized carbons (Fsp3) is 0.429. The van der Waals surface area contributed by atoms with Gasteiger partial charge in [-0.15, -0.1) is 0 Å². The van der Waals surface area contributed by atoms with Crippen LogP contribution in [0.3, 0.4) is 0 Å². The summed E-state index contributed by atoms with van der Waals surface area (Å²) < 4.78 is 0. The summed E-state index contributed by atoms with van der Waals surface area (Å²) in [6.07, 6.45) is 2.30. The van der Waals surface area contributed by atoms with Crippen LogP contribution in [0.4, 0.5) is 0 Å². The normalized spacial score (nSPS) is 19.3. The Labute approximate surface area is 96.1 Å². The Bertz CT molecular complexity index is 551. The highest BCUT2D eigenvalue weighted by Crippen LogP contribution is 2.32. The lowest BCUT2D eigenvalue weighted by molar-refractivity contribution is 0.590. The maximum absolute atomic E-state index is 3.58. The number of hydrogen-bond acceptors (Lipinski definition) is 1. The highest BCUT2D eigenvalue weighted by Gasteiger charge is 2.24. The fourth-order valence-corrected chi connectivity index (χ4v) is 3.02. The minimum absolute atomic E-state index is 0.617. The summed E-state index contributed by atoms with van der Waals surface area (Å²) >= 11 is 0. The predicted molar refractivity (Wildman–Crippen MR) is 68.0 cm³/mol. The van der Waals surface area contributed by atoms with Crippen molar-refractivity contribution in [3.05, 3.63) is 34.5 Å². The van der Waals surface area contributed by atoms with Gasteiger partial charge < -0.3 is 10.3 Å². The Morgan fingerprint density at radius 3 is 2.81 bits per heavy atom. The van der Waals surface area contributed by atoms with Gasteiger partial charge in [-0.1, -0.05) is 6.07 Å². The molecular weight excluding hydrogens is 196 g/mol. The third kappa shape index (κ3) is 1.30. The average molecular weight is 214 g/mol. The Hall–Kier alpha value is -1.28. The molecule has 1 aromatic carbocycles. The molecule has 2 aromatic rings. The van der Waals surface area contributed by atoms with Crippen molar-refractivity contribution in [2.75, 3.05) is 7.05 Å². The van der Waals surface area contributed by atoms with Gasteiger partial charge in [-0.25, -0.2) is 0 Å². The molecule has 3 rings (SSSR count). The van der Waals surface area contributed by atoms with Gasteiger partial charge in [-0.3, -0.25) is 0 Å². The van der Waals surface area contributed by atoms with Crippen LogP contribution in [-0.2, 0) is 12.8 Å². The van der Waals surface area contributed by atoms with Gasteiger partial charge in [0.1, 0.15) is 0 Å². The van der Waals surface area contributed by atoms with Crippen molar-refractivity contribution >= 4 is 10.9 Å². The van der Waals surface area contributed by atoms with E-state index in [0.717, 1.165) is 12.8 Å². The number of aryl methyl sites for hydroxylation is 2. The van der Waals surface area contributed by atoms with Crippen LogP contribution in [0, 0.1) is 13.8 Å². The van der Waals surface area contributed by atoms with E-state index in [1.807, 2.05) is 0 Å². The molecular formula is C14H18N2. The molecule has 1 heterocycles. The molecule has 0 spiro atoms. The van der Waals surface area contributed by atoms with Crippen molar-refractivity contribution in [2.45, 2.75) is 32.7 Å². The molecule has 0 fully saturated rings. The van der Waals surface area contributed by atoms with Crippen LogP contribution in [0.25, 0.3) is 10.9 Å². The second kappa shape index (κ2) is 3.36. The molecule has 1 aromatic heterocycles. The maximum atomic E-state index is 3.58. The minimum Gasteiger partial charge on any atom is -0.358 e. The number of nitrogens with one attached hydrogen (secondary N) is 2. The lowest BCUT2D eigenvalue weighted by Gasteiger charge is -2.07. The van der Waals surface area contributed by atoms with E-state index >= 15 is 0 Å². The van der Waals surface area contributed by atoms with Gasteiger partial charge in [-0.2, -0.15) is 0 Å². The molecule has 1 unspecified atom stereocenters. The van der Waals surface area contributed by atoms with Crippen LogP contribution in [0.2, 0.25) is 0 Å². The molecule has 0 saturated heterocycles. The summed E-state index contributed by atoms with van der Waals surface area (Å²) in [7, 11) is 2.05. The van der Waals surface area contributed by atoms with Gasteiger partial charge in [0.2, 0.25) is 0 Å². The van der Waals surface area contributed by atoms with Gasteiger partial charge in [0.05, 0.1) is 0 Å². The molecule has 1 atom stereocenters. The molecule has 0 aliphatic heterocycles. The number of fused-ring (bicyclic) bond motifs is 3. The monoisotopic (exact) mass is 214 g/mol. The maximum Gasteiger partial charge on any atom is 0.0464 e. The lowest BCUT2D eigenvalue weighted by Crippen LogP contribution is -2.25. The van der Waals surface area contributed by atoms with Gasteiger partial charge in [-0.05, 0) is 50.1 Å². The molecule has 2 nitrogen and oxygen atoms in total. The standard InChI is InChI=1S/C14H18N2/c1-8-4-9(2)14-11-6-10(15-3)7-12(11)16-13(14)5-8/h4-5,10,15-16H,6-7H2,1-3H3. The second-order valence-electron chi connectivity index (χ2n) is 4.98. The van der Waals surface area contributed by atoms with Crippen molar-refractivity contribution < 1.29 is 0 Å². The topological polar surface area (TPSA) is 27.8 Å². The molecule has 2 heteroatoms. The van der Waals surface area contributed by atoms with E-state index in [4.69, 9.17) is 0 Å². The molecule has 2 N–H and O–H groups in total. The van der Waals surface area contributed by atoms with Crippen molar-refractivity contribution in [2.24, 2.45) is 0 Å². The van der Waals surface area contributed by atoms with E-state index in [2.05, 4.69) is 43.3 Å². The molecule has 0 radical (unpaired) electrons. The third-order valence-electron chi connectivity index (χ3n) is 3.74. The van der Waals surface area contributed by atoms with Crippen LogP contribution in [0.1, 0.15) is 22.4 Å². The number of likely N-dealkylation sites (N-methyl/N-ethyl adjacent to an activating group) is 1. The molecule has 16 heavy (non-hydrogen) atoms. The van der Waals surface area contributed by atoms with Crippen molar-refractivity contribution in [1.82, 2.24) is 10.3 Å². The number of hydrogen-bond donors (Lipinski definition) is 2. The van der Waals surface area contributed by atoms with E-state index in [1.54, 1.807) is 0 Å². The van der Waals surface area contributed by atoms with E-state index < -0.39 is 0 Å². The first-order chi connectivity index (χ1) is 7.69. The van der Waals surface area contributed by atoms with Crippen LogP contribution >= 0.6 is 0 Å². The van der Waals surface area contributed by atoms with Crippen LogP contribution in [0.15, 0.2) is 12.1 Å². The van der Waals surface area contributed by atoms with Crippen molar-refractivity contribution in [1.29, 1.82) is 0 Å². The molecule has 1 aliphatic carbocycles. The Morgan fingerprint density at radius 2 is 2.06 bits per heavy atom. The largest absolute Gasteiger partial charge is 0.358 e. The number of H-pyrrole nitrogens is 1. The third-order valence-corrected chi connectivity index (χ3v) is 3.74. The summed E-state index contributed by atoms with van der Waals surface area (Å²) in [5, 5.41) is 4.83. The van der Waals surface area contributed by atoms with Gasteiger partial charge in [0.15, 0.2) is 0 Å². The van der Waals surface area contributed by atoms with E-state index in [1.165, 1.54) is 33.3 Å². The Kier molecular flexibility index (Phi) is 2.08. The number of rotatable bonds is 1. The molecule has 1 aliphatic rings. The number of aromatic amines is 1. The lowest BCUT2D eigenvalue weighted by atomic mass is 10.0. The van der Waals surface area contributed by atoms with Gasteiger partial charge in [0, 0.05) is 29.1 Å². The zero-order valence-corrected chi connectivity index (χ0v) is 10.1. The molecule has 84 valence electrons. The van der Waals surface area contributed by atoms with Crippen LogP contribution in [-0.4, -0.2) is 18.1 Å². The molecule has 0 saturated carbocycles. The quantitative estimate of drug-likeness (QED) is 0.750. The summed E-state index contributed by atoms with van der Waals surface area (Å²) in [6.45, 7) is 4.38. The van der Waals surface area contributed by atoms with E-state index in [0.29, 0.717) is 6.04 Å². The SMILES string of the molecule is CNC1Cc2[nH]c3cc(C)cc(C)c3c2C1. The summed E-state index contributed by atoms with van der Waals surface area (Å²) in [6, 6.07) is 5.16. The van der Waals surface area contributed by atoms with Gasteiger partial charge >= 0.3 is 0 Å². The highest BCUT2D eigenvalue weighted by molar-refractivity contribution is 5.89. The first-order valence-corrected chi connectivity index (χ1v) is 5.97. The zero-order chi connectivity index (χ0) is 11.3. The summed E-state index contributed by atoms with van der Waals surface area (Å²) in [5.41, 5.74) is 7.03. The highest BCUT2D eigenvalue weighted by atomic mass is 14.9. The minimum atomic E-state index is 0.617. The number of aromatic nitrogens is 1. The van der Waals surface area contributed by atoms with Gasteiger partial charge in [0.25, 0.3) is 0 Å².